The van der Waals surface area contributed by atoms with Gasteiger partial charge in [-0.2, -0.15) is 0 Å². The van der Waals surface area contributed by atoms with Crippen molar-refractivity contribution < 1.29 is 19.1 Å². The third-order valence-electron chi connectivity index (χ3n) is 4.31. The lowest BCUT2D eigenvalue weighted by Gasteiger charge is -2.05. The maximum Gasteiger partial charge on any atom is 0.344 e. The second kappa shape index (κ2) is 20.0. The average molecular weight is 369 g/mol. The van der Waals surface area contributed by atoms with Gasteiger partial charge in [0.2, 0.25) is 0 Å². The van der Waals surface area contributed by atoms with E-state index in [0.29, 0.717) is 6.61 Å². The largest absolute Gasteiger partial charge is 0.463 e. The van der Waals surface area contributed by atoms with E-state index in [4.69, 9.17) is 4.74 Å². The maximum absolute atomic E-state index is 11.2. The molecule has 0 aromatic carbocycles. The minimum Gasteiger partial charge on any atom is -0.463 e. The molecule has 0 aliphatic rings. The quantitative estimate of drug-likeness (QED) is 0.166. The number of hydrogen-bond donors (Lipinski definition) is 0. The van der Waals surface area contributed by atoms with E-state index >= 15 is 0 Å². The van der Waals surface area contributed by atoms with Crippen molar-refractivity contribution in [3.8, 4) is 0 Å². The van der Waals surface area contributed by atoms with E-state index in [1.165, 1.54) is 84.0 Å². The van der Waals surface area contributed by atoms with Crippen LogP contribution in [0.5, 0.6) is 0 Å². The van der Waals surface area contributed by atoms with Crippen LogP contribution >= 0.6 is 0 Å². The Balaban J connectivity index is 3.18. The lowest BCUT2D eigenvalue weighted by molar-refractivity contribution is -0.157. The maximum atomic E-state index is 11.2. The van der Waals surface area contributed by atoms with E-state index in [2.05, 4.69) is 23.8 Å². The van der Waals surface area contributed by atoms with Crippen molar-refractivity contribution in [2.75, 3.05) is 13.2 Å². The molecule has 0 atom stereocenters. The summed E-state index contributed by atoms with van der Waals surface area (Å²) in [5.41, 5.74) is 0. The summed E-state index contributed by atoms with van der Waals surface area (Å²) in [7, 11) is 0. The summed E-state index contributed by atoms with van der Waals surface area (Å²) < 4.78 is 9.55. The van der Waals surface area contributed by atoms with Crippen LogP contribution in [0.25, 0.3) is 0 Å². The summed E-state index contributed by atoms with van der Waals surface area (Å²) in [6, 6.07) is 0. The Morgan fingerprint density at radius 3 is 1.73 bits per heavy atom. The van der Waals surface area contributed by atoms with Crippen LogP contribution < -0.4 is 0 Å². The van der Waals surface area contributed by atoms with E-state index in [9.17, 15) is 9.59 Å². The highest BCUT2D eigenvalue weighted by molar-refractivity contribution is 5.75. The number of carbonyl (C=O) groups is 2. The summed E-state index contributed by atoms with van der Waals surface area (Å²) in [6.45, 7) is 3.68. The van der Waals surface area contributed by atoms with Crippen molar-refractivity contribution in [3.05, 3.63) is 12.2 Å². The Morgan fingerprint density at radius 1 is 0.692 bits per heavy atom. The van der Waals surface area contributed by atoms with Crippen LogP contribution in [0.1, 0.15) is 104 Å². The molecule has 0 heterocycles. The number of carbonyl (C=O) groups excluding carboxylic acids is 2. The minimum atomic E-state index is -0.465. The number of hydrogen-bond acceptors (Lipinski definition) is 4. The average Bonchev–Trinajstić information content (AvgIpc) is 2.62. The van der Waals surface area contributed by atoms with Gasteiger partial charge in [0.25, 0.3) is 0 Å². The number of esters is 2. The topological polar surface area (TPSA) is 52.6 Å². The van der Waals surface area contributed by atoms with E-state index in [0.717, 1.165) is 12.8 Å². The predicted molar refractivity (Wildman–Crippen MR) is 107 cm³/mol. The van der Waals surface area contributed by atoms with Crippen LogP contribution in [-0.2, 0) is 19.1 Å². The van der Waals surface area contributed by atoms with Crippen molar-refractivity contribution in [2.45, 2.75) is 104 Å². The molecule has 4 heteroatoms. The summed E-state index contributed by atoms with van der Waals surface area (Å²) in [6.07, 6.45) is 22.3. The second-order valence-electron chi connectivity index (χ2n) is 6.94. The monoisotopic (exact) mass is 368 g/mol. The van der Waals surface area contributed by atoms with Gasteiger partial charge in [-0.15, -0.1) is 0 Å². The number of allylic oxidation sites excluding steroid dienone is 2. The summed E-state index contributed by atoms with van der Waals surface area (Å²) >= 11 is 0. The lowest BCUT2D eigenvalue weighted by Crippen LogP contribution is -2.15. The van der Waals surface area contributed by atoms with Crippen LogP contribution in [0.15, 0.2) is 12.2 Å². The fourth-order valence-corrected chi connectivity index (χ4v) is 2.74. The van der Waals surface area contributed by atoms with Gasteiger partial charge >= 0.3 is 11.9 Å². The highest BCUT2D eigenvalue weighted by Gasteiger charge is 2.04. The van der Waals surface area contributed by atoms with Gasteiger partial charge in [0.05, 0.1) is 6.61 Å². The fraction of sp³-hybridized carbons (Fsp3) is 0.818. The Morgan fingerprint density at radius 2 is 1.19 bits per heavy atom. The smallest absolute Gasteiger partial charge is 0.344 e. The molecule has 26 heavy (non-hydrogen) atoms. The molecule has 0 rings (SSSR count). The molecule has 0 N–H and O–H groups in total. The third-order valence-corrected chi connectivity index (χ3v) is 4.31. The molecule has 0 unspecified atom stereocenters. The second-order valence-corrected chi connectivity index (χ2v) is 6.94. The van der Waals surface area contributed by atoms with Crippen LogP contribution in [0.2, 0.25) is 0 Å². The van der Waals surface area contributed by atoms with Crippen molar-refractivity contribution in [1.82, 2.24) is 0 Å². The molecule has 0 bridgehead atoms. The minimum absolute atomic E-state index is 0.276. The first-order valence-electron chi connectivity index (χ1n) is 10.6. The van der Waals surface area contributed by atoms with Crippen LogP contribution in [-0.4, -0.2) is 25.2 Å². The van der Waals surface area contributed by atoms with Crippen LogP contribution in [0.4, 0.5) is 0 Å². The van der Waals surface area contributed by atoms with Crippen molar-refractivity contribution >= 4 is 11.9 Å². The molecular formula is C22H40O4. The Kier molecular flexibility index (Phi) is 19.0. The first-order valence-corrected chi connectivity index (χ1v) is 10.6. The summed E-state index contributed by atoms with van der Waals surface area (Å²) in [5.74, 6) is -0.924. The zero-order valence-electron chi connectivity index (χ0n) is 17.1. The summed E-state index contributed by atoms with van der Waals surface area (Å²) in [5, 5.41) is 0. The highest BCUT2D eigenvalue weighted by atomic mass is 16.6. The van der Waals surface area contributed by atoms with E-state index < -0.39 is 11.9 Å². The fourth-order valence-electron chi connectivity index (χ4n) is 2.74. The van der Waals surface area contributed by atoms with Gasteiger partial charge in [-0.25, -0.2) is 4.79 Å². The highest BCUT2D eigenvalue weighted by Crippen LogP contribution is 2.10. The lowest BCUT2D eigenvalue weighted by atomic mass is 10.1. The van der Waals surface area contributed by atoms with Crippen molar-refractivity contribution in [1.29, 1.82) is 0 Å². The number of rotatable bonds is 18. The van der Waals surface area contributed by atoms with E-state index in [1.807, 2.05) is 0 Å². The van der Waals surface area contributed by atoms with E-state index in [-0.39, 0.29) is 6.61 Å². The third kappa shape index (κ3) is 20.7. The molecular weight excluding hydrogens is 328 g/mol. The van der Waals surface area contributed by atoms with Gasteiger partial charge in [-0.05, 0) is 32.1 Å². The molecule has 0 amide bonds. The molecule has 152 valence electrons. The standard InChI is InChI=1S/C22H40O4/c1-3-4-5-6-7-8-9-10-11-12-13-14-15-16-17-18-19-25-22(24)20-26-21(2)23/h10-11H,3-9,12-20H2,1-2H3. The molecule has 0 aromatic heterocycles. The zero-order valence-corrected chi connectivity index (χ0v) is 17.1. The molecule has 0 aromatic rings. The predicted octanol–water partition coefficient (Wildman–Crippen LogP) is 6.13. The van der Waals surface area contributed by atoms with Gasteiger partial charge in [0.15, 0.2) is 6.61 Å². The molecule has 0 fully saturated rings. The van der Waals surface area contributed by atoms with Gasteiger partial charge in [0, 0.05) is 6.92 Å². The van der Waals surface area contributed by atoms with Crippen LogP contribution in [0.3, 0.4) is 0 Å². The Labute approximate surface area is 160 Å². The SMILES string of the molecule is CCCCCCCCC=CCCCCCCCCOC(=O)COC(C)=O. The molecule has 0 saturated heterocycles. The molecule has 0 radical (unpaired) electrons. The van der Waals surface area contributed by atoms with Gasteiger partial charge < -0.3 is 9.47 Å². The first kappa shape index (κ1) is 24.7. The molecule has 0 aliphatic carbocycles. The molecule has 4 nitrogen and oxygen atoms in total. The zero-order chi connectivity index (χ0) is 19.3. The Hall–Kier alpha value is -1.32. The normalized spacial score (nSPS) is 11.0. The van der Waals surface area contributed by atoms with Crippen LogP contribution in [0, 0.1) is 0 Å². The van der Waals surface area contributed by atoms with E-state index in [1.54, 1.807) is 0 Å². The van der Waals surface area contributed by atoms with Crippen molar-refractivity contribution in [2.24, 2.45) is 0 Å². The molecule has 0 saturated carbocycles. The molecule has 0 aliphatic heterocycles. The first-order chi connectivity index (χ1) is 12.7. The van der Waals surface area contributed by atoms with Gasteiger partial charge in [-0.3, -0.25) is 4.79 Å². The number of ether oxygens (including phenoxy) is 2. The van der Waals surface area contributed by atoms with Crippen molar-refractivity contribution in [3.63, 3.8) is 0 Å². The van der Waals surface area contributed by atoms with Gasteiger partial charge in [-0.1, -0.05) is 76.9 Å². The molecule has 0 spiro atoms. The Bertz CT molecular complexity index is 363. The summed E-state index contributed by atoms with van der Waals surface area (Å²) in [4.78, 5) is 21.7. The number of unbranched alkanes of at least 4 members (excludes halogenated alkanes) is 12. The van der Waals surface area contributed by atoms with Gasteiger partial charge in [0.1, 0.15) is 0 Å².